The zero-order valence-corrected chi connectivity index (χ0v) is 21.2. The molecule has 0 aliphatic rings. The molecule has 0 bridgehead atoms. The van der Waals surface area contributed by atoms with Crippen LogP contribution in [0.3, 0.4) is 0 Å². The van der Waals surface area contributed by atoms with E-state index in [1.54, 1.807) is 0 Å². The molecule has 1 N–H and O–H groups in total. The zero-order valence-electron chi connectivity index (χ0n) is 20.3. The Labute approximate surface area is 214 Å². The predicted octanol–water partition coefficient (Wildman–Crippen LogP) is 7.92. The maximum Gasteiger partial charge on any atom is 0.0509 e. The maximum atomic E-state index is 4.00. The number of hydrogen-bond acceptors (Lipinski definition) is 1. The van der Waals surface area contributed by atoms with Gasteiger partial charge in [0.25, 0.3) is 0 Å². The highest BCUT2D eigenvalue weighted by molar-refractivity contribution is 7.80. The molecule has 6 rings (SSSR count). The minimum atomic E-state index is -0.737. The van der Waals surface area contributed by atoms with Gasteiger partial charge in [0.1, 0.15) is 0 Å². The van der Waals surface area contributed by atoms with Gasteiger partial charge in [-0.15, -0.1) is 0 Å². The third kappa shape index (κ3) is 4.28. The zero-order chi connectivity index (χ0) is 24.3. The molecular formula is C34H28NP. The Morgan fingerprint density at radius 3 is 1.69 bits per heavy atom. The third-order valence-corrected chi connectivity index (χ3v) is 9.31. The van der Waals surface area contributed by atoms with Crippen LogP contribution < -0.4 is 21.2 Å². The van der Waals surface area contributed by atoms with Crippen molar-refractivity contribution in [3.8, 4) is 0 Å². The van der Waals surface area contributed by atoms with E-state index in [1.165, 1.54) is 48.7 Å². The summed E-state index contributed by atoms with van der Waals surface area (Å²) in [6, 6.07) is 50.7. The van der Waals surface area contributed by atoms with Gasteiger partial charge in [-0.2, -0.15) is 0 Å². The molecule has 0 aromatic heterocycles. The van der Waals surface area contributed by atoms with Gasteiger partial charge in [-0.1, -0.05) is 140 Å². The fraction of sp³-hybridized carbons (Fsp3) is 0.0588. The molecule has 0 fully saturated rings. The molecule has 2 heteroatoms. The van der Waals surface area contributed by atoms with E-state index >= 15 is 0 Å². The number of nitrogens with one attached hydrogen (secondary N) is 1. The number of anilines is 1. The van der Waals surface area contributed by atoms with Crippen LogP contribution in [0.4, 0.5) is 5.69 Å². The van der Waals surface area contributed by atoms with Crippen molar-refractivity contribution in [3.63, 3.8) is 0 Å². The predicted molar refractivity (Wildman–Crippen MR) is 159 cm³/mol. The second-order valence-corrected chi connectivity index (χ2v) is 11.3. The van der Waals surface area contributed by atoms with Crippen LogP contribution in [0.15, 0.2) is 140 Å². The van der Waals surface area contributed by atoms with Crippen molar-refractivity contribution in [2.45, 2.75) is 13.0 Å². The lowest BCUT2D eigenvalue weighted by Gasteiger charge is -2.27. The van der Waals surface area contributed by atoms with Gasteiger partial charge < -0.3 is 5.32 Å². The van der Waals surface area contributed by atoms with Gasteiger partial charge in [-0.05, 0) is 47.2 Å². The van der Waals surface area contributed by atoms with E-state index < -0.39 is 7.92 Å². The van der Waals surface area contributed by atoms with Crippen molar-refractivity contribution < 1.29 is 0 Å². The van der Waals surface area contributed by atoms with E-state index in [2.05, 4.69) is 152 Å². The van der Waals surface area contributed by atoms with E-state index in [-0.39, 0.29) is 6.04 Å². The summed E-state index contributed by atoms with van der Waals surface area (Å²) < 4.78 is 0. The number of hydrogen-bond donors (Lipinski definition) is 1. The normalized spacial score (nSPS) is 12.2. The average molecular weight is 482 g/mol. The maximum absolute atomic E-state index is 4.00. The largest absolute Gasteiger partial charge is 0.377 e. The Balaban J connectivity index is 1.54. The fourth-order valence-electron chi connectivity index (χ4n) is 5.10. The molecule has 0 heterocycles. The second kappa shape index (κ2) is 9.97. The van der Waals surface area contributed by atoms with E-state index in [4.69, 9.17) is 0 Å². The summed E-state index contributed by atoms with van der Waals surface area (Å²) in [5, 5.41) is 13.2. The first kappa shape index (κ1) is 22.5. The smallest absolute Gasteiger partial charge is 0.0509 e. The molecular weight excluding hydrogens is 453 g/mol. The molecule has 0 radical (unpaired) electrons. The Morgan fingerprint density at radius 2 is 1.03 bits per heavy atom. The number of rotatable bonds is 6. The first-order chi connectivity index (χ1) is 17.8. The highest BCUT2D eigenvalue weighted by Crippen LogP contribution is 2.40. The Kier molecular flexibility index (Phi) is 6.24. The molecule has 0 aliphatic carbocycles. The first-order valence-electron chi connectivity index (χ1n) is 12.5. The minimum absolute atomic E-state index is 0.143. The van der Waals surface area contributed by atoms with Crippen LogP contribution in [0.1, 0.15) is 18.5 Å². The molecule has 0 saturated heterocycles. The summed E-state index contributed by atoms with van der Waals surface area (Å²) in [6.07, 6.45) is 0. The van der Waals surface area contributed by atoms with E-state index in [9.17, 15) is 0 Å². The van der Waals surface area contributed by atoms with Crippen LogP contribution in [0.25, 0.3) is 21.5 Å². The third-order valence-electron chi connectivity index (χ3n) is 6.83. The van der Waals surface area contributed by atoms with Crippen LogP contribution in [0.5, 0.6) is 0 Å². The Bertz CT molecular complexity index is 1580. The van der Waals surface area contributed by atoms with Gasteiger partial charge >= 0.3 is 0 Å². The number of benzene rings is 6. The Hall–Kier alpha value is -3.93. The van der Waals surface area contributed by atoms with Crippen LogP contribution in [0, 0.1) is 0 Å². The highest BCUT2D eigenvalue weighted by atomic mass is 31.1. The van der Waals surface area contributed by atoms with Crippen molar-refractivity contribution in [3.05, 3.63) is 145 Å². The summed E-state index contributed by atoms with van der Waals surface area (Å²) in [4.78, 5) is 0. The summed E-state index contributed by atoms with van der Waals surface area (Å²) in [5.41, 5.74) is 2.54. The number of fused-ring (bicyclic) bond motifs is 2. The molecule has 174 valence electrons. The van der Waals surface area contributed by atoms with E-state index in [1.807, 2.05) is 0 Å². The van der Waals surface area contributed by atoms with Crippen LogP contribution in [-0.4, -0.2) is 0 Å². The molecule has 0 aliphatic heterocycles. The van der Waals surface area contributed by atoms with Crippen LogP contribution >= 0.6 is 7.92 Å². The van der Waals surface area contributed by atoms with Gasteiger partial charge in [-0.25, -0.2) is 0 Å². The van der Waals surface area contributed by atoms with Crippen molar-refractivity contribution in [2.75, 3.05) is 5.32 Å². The second-order valence-electron chi connectivity index (χ2n) is 9.12. The highest BCUT2D eigenvalue weighted by Gasteiger charge is 2.22. The monoisotopic (exact) mass is 481 g/mol. The molecule has 1 nitrogen and oxygen atoms in total. The van der Waals surface area contributed by atoms with E-state index in [0.29, 0.717) is 0 Å². The van der Waals surface area contributed by atoms with Gasteiger partial charge in [0.2, 0.25) is 0 Å². The molecule has 0 unspecified atom stereocenters. The van der Waals surface area contributed by atoms with Crippen molar-refractivity contribution >= 4 is 51.1 Å². The standard InChI is InChI=1S/C34H28NP/c1-25(30-22-12-15-26-13-8-10-20-31(26)30)35-34-32-21-11-9-14-27(32)23-24-33(34)36(28-16-4-2-5-17-28)29-18-6-3-7-19-29/h2-25,35H,1H3/t25-/m0/s1. The first-order valence-corrected chi connectivity index (χ1v) is 13.8. The lowest BCUT2D eigenvalue weighted by Crippen LogP contribution is -2.24. The topological polar surface area (TPSA) is 12.0 Å². The SMILES string of the molecule is C[C@H](Nc1c(P(c2ccccc2)c2ccccc2)ccc2ccccc12)c1cccc2ccccc12. The van der Waals surface area contributed by atoms with Crippen LogP contribution in [-0.2, 0) is 0 Å². The molecule has 6 aromatic rings. The summed E-state index contributed by atoms with van der Waals surface area (Å²) in [7, 11) is -0.737. The molecule has 1 atom stereocenters. The summed E-state index contributed by atoms with van der Waals surface area (Å²) in [5.74, 6) is 0. The fourth-order valence-corrected chi connectivity index (χ4v) is 7.53. The van der Waals surface area contributed by atoms with Crippen molar-refractivity contribution in [1.29, 1.82) is 0 Å². The van der Waals surface area contributed by atoms with E-state index in [0.717, 1.165) is 0 Å². The lowest BCUT2D eigenvalue weighted by molar-refractivity contribution is 0.898. The Morgan fingerprint density at radius 1 is 0.500 bits per heavy atom. The minimum Gasteiger partial charge on any atom is -0.377 e. The van der Waals surface area contributed by atoms with Gasteiger partial charge in [0.15, 0.2) is 0 Å². The molecule has 6 aromatic carbocycles. The van der Waals surface area contributed by atoms with Gasteiger partial charge in [-0.3, -0.25) is 0 Å². The molecule has 0 amide bonds. The molecule has 36 heavy (non-hydrogen) atoms. The van der Waals surface area contributed by atoms with Gasteiger partial charge in [0.05, 0.1) is 5.69 Å². The van der Waals surface area contributed by atoms with Crippen molar-refractivity contribution in [1.82, 2.24) is 0 Å². The van der Waals surface area contributed by atoms with Crippen molar-refractivity contribution in [2.24, 2.45) is 0 Å². The summed E-state index contributed by atoms with van der Waals surface area (Å²) >= 11 is 0. The average Bonchev–Trinajstić information content (AvgIpc) is 2.95. The van der Waals surface area contributed by atoms with Gasteiger partial charge in [0, 0.05) is 16.7 Å². The quantitative estimate of drug-likeness (QED) is 0.238. The molecule has 0 spiro atoms. The summed E-state index contributed by atoms with van der Waals surface area (Å²) in [6.45, 7) is 2.28. The lowest BCUT2D eigenvalue weighted by atomic mass is 9.99. The molecule has 0 saturated carbocycles. The van der Waals surface area contributed by atoms with Crippen LogP contribution in [0.2, 0.25) is 0 Å².